The van der Waals surface area contributed by atoms with Crippen molar-refractivity contribution < 1.29 is 0 Å². The van der Waals surface area contributed by atoms with Crippen LogP contribution in [0.1, 0.15) is 75.9 Å². The maximum atomic E-state index is 4.41. The summed E-state index contributed by atoms with van der Waals surface area (Å²) < 4.78 is 2.35. The molecule has 1 saturated carbocycles. The van der Waals surface area contributed by atoms with Gasteiger partial charge in [0.2, 0.25) is 0 Å². The number of hydrogen-bond acceptors (Lipinski definition) is 3. The third kappa shape index (κ3) is 5.71. The third-order valence-electron chi connectivity index (χ3n) is 5.84. The molecule has 2 aliphatic rings. The van der Waals surface area contributed by atoms with Crippen molar-refractivity contribution >= 4 is 5.96 Å². The predicted octanol–water partition coefficient (Wildman–Crippen LogP) is 3.07. The molecule has 0 bridgehead atoms. The Bertz CT molecular complexity index is 559. The molecule has 1 aliphatic heterocycles. The fourth-order valence-electron chi connectivity index (χ4n) is 4.30. The molecule has 0 aromatic carbocycles. The summed E-state index contributed by atoms with van der Waals surface area (Å²) in [7, 11) is 1.85. The van der Waals surface area contributed by atoms with E-state index >= 15 is 0 Å². The van der Waals surface area contributed by atoms with E-state index in [1.807, 2.05) is 7.05 Å². The number of aromatic nitrogens is 3. The minimum atomic E-state index is 0.921. The van der Waals surface area contributed by atoms with E-state index in [1.54, 1.807) is 0 Å². The highest BCUT2D eigenvalue weighted by atomic mass is 15.3. The maximum absolute atomic E-state index is 4.41. The molecule has 3 rings (SSSR count). The van der Waals surface area contributed by atoms with E-state index in [-0.39, 0.29) is 0 Å². The number of nitrogens with zero attached hydrogens (tertiary/aromatic N) is 4. The Labute approximate surface area is 158 Å². The van der Waals surface area contributed by atoms with Gasteiger partial charge in [0.15, 0.2) is 5.96 Å². The summed E-state index contributed by atoms with van der Waals surface area (Å²) in [6.07, 6.45) is 15.3. The lowest BCUT2D eigenvalue weighted by atomic mass is 10.0. The number of aryl methyl sites for hydroxylation is 2. The van der Waals surface area contributed by atoms with Crippen LogP contribution in [0.4, 0.5) is 0 Å². The summed E-state index contributed by atoms with van der Waals surface area (Å²) in [5.74, 6) is 4.25. The van der Waals surface area contributed by atoms with Crippen molar-refractivity contribution in [2.24, 2.45) is 10.9 Å². The first-order chi connectivity index (χ1) is 12.9. The Kier molecular flexibility index (Phi) is 7.77. The minimum Gasteiger partial charge on any atom is -0.356 e. The first-order valence-corrected chi connectivity index (χ1v) is 10.7. The molecule has 0 radical (unpaired) electrons. The molecule has 1 aromatic heterocycles. The second-order valence-electron chi connectivity index (χ2n) is 7.82. The van der Waals surface area contributed by atoms with Crippen LogP contribution < -0.4 is 10.6 Å². The summed E-state index contributed by atoms with van der Waals surface area (Å²) in [6.45, 7) is 3.04. The quantitative estimate of drug-likeness (QED) is 0.425. The molecule has 146 valence electrons. The van der Waals surface area contributed by atoms with Crippen molar-refractivity contribution in [3.8, 4) is 0 Å². The van der Waals surface area contributed by atoms with Gasteiger partial charge in [0, 0.05) is 39.5 Å². The molecule has 1 aliphatic carbocycles. The fraction of sp³-hybridized carbons (Fsp3) is 0.850. The molecule has 0 saturated heterocycles. The molecule has 26 heavy (non-hydrogen) atoms. The number of aliphatic imine (C=N–C) groups is 1. The van der Waals surface area contributed by atoms with Gasteiger partial charge in [0.05, 0.1) is 0 Å². The van der Waals surface area contributed by atoms with E-state index in [4.69, 9.17) is 0 Å². The van der Waals surface area contributed by atoms with E-state index < -0.39 is 0 Å². The van der Waals surface area contributed by atoms with Gasteiger partial charge in [-0.2, -0.15) is 0 Å². The lowest BCUT2D eigenvalue weighted by molar-refractivity contribution is 0.481. The number of guanidine groups is 1. The normalized spacial score (nSPS) is 18.6. The second-order valence-corrected chi connectivity index (χ2v) is 7.82. The molecule has 0 atom stereocenters. The molecular weight excluding hydrogens is 324 g/mol. The lowest BCUT2D eigenvalue weighted by Gasteiger charge is -2.13. The van der Waals surface area contributed by atoms with E-state index in [9.17, 15) is 0 Å². The van der Waals surface area contributed by atoms with Crippen LogP contribution in [0.2, 0.25) is 0 Å². The summed E-state index contributed by atoms with van der Waals surface area (Å²) in [5.41, 5.74) is 0. The monoisotopic (exact) mass is 360 g/mol. The van der Waals surface area contributed by atoms with Gasteiger partial charge in [-0.25, -0.2) is 0 Å². The highest BCUT2D eigenvalue weighted by Gasteiger charge is 2.15. The van der Waals surface area contributed by atoms with E-state index in [1.165, 1.54) is 63.6 Å². The third-order valence-corrected chi connectivity index (χ3v) is 5.84. The van der Waals surface area contributed by atoms with Crippen molar-refractivity contribution in [3.63, 3.8) is 0 Å². The smallest absolute Gasteiger partial charge is 0.190 e. The van der Waals surface area contributed by atoms with Gasteiger partial charge in [-0.05, 0) is 38.0 Å². The fourth-order valence-corrected chi connectivity index (χ4v) is 4.30. The maximum Gasteiger partial charge on any atom is 0.190 e. The lowest BCUT2D eigenvalue weighted by Crippen LogP contribution is -2.38. The average Bonchev–Trinajstić information content (AvgIpc) is 3.25. The molecule has 6 heteroatoms. The second kappa shape index (κ2) is 10.5. The van der Waals surface area contributed by atoms with Crippen LogP contribution in [0.15, 0.2) is 4.99 Å². The molecule has 0 spiro atoms. The Balaban J connectivity index is 1.30. The predicted molar refractivity (Wildman–Crippen MR) is 106 cm³/mol. The Hall–Kier alpha value is -1.59. The van der Waals surface area contributed by atoms with Crippen LogP contribution in [0.3, 0.4) is 0 Å². The van der Waals surface area contributed by atoms with Gasteiger partial charge in [-0.15, -0.1) is 10.2 Å². The molecule has 0 amide bonds. The Morgan fingerprint density at radius 1 is 1.04 bits per heavy atom. The van der Waals surface area contributed by atoms with Gasteiger partial charge < -0.3 is 15.2 Å². The largest absolute Gasteiger partial charge is 0.356 e. The highest BCUT2D eigenvalue weighted by molar-refractivity contribution is 5.79. The summed E-state index contributed by atoms with van der Waals surface area (Å²) in [4.78, 5) is 4.34. The average molecular weight is 361 g/mol. The molecule has 6 nitrogen and oxygen atoms in total. The molecule has 2 heterocycles. The topological polar surface area (TPSA) is 67.1 Å². The van der Waals surface area contributed by atoms with Crippen LogP contribution in [-0.4, -0.2) is 40.9 Å². The molecule has 0 unspecified atom stereocenters. The highest BCUT2D eigenvalue weighted by Crippen LogP contribution is 2.28. The van der Waals surface area contributed by atoms with Gasteiger partial charge in [-0.3, -0.25) is 4.99 Å². The number of nitrogens with one attached hydrogen (secondary N) is 2. The Morgan fingerprint density at radius 2 is 1.85 bits per heavy atom. The SMILES string of the molecule is CN=C(NCCCc1nnc2n1CCCCC2)NCCCC1CCCC1. The summed E-state index contributed by atoms with van der Waals surface area (Å²) in [6, 6.07) is 0. The van der Waals surface area contributed by atoms with Crippen LogP contribution in [0.25, 0.3) is 0 Å². The van der Waals surface area contributed by atoms with Gasteiger partial charge in [0.1, 0.15) is 11.6 Å². The van der Waals surface area contributed by atoms with Crippen molar-refractivity contribution in [1.82, 2.24) is 25.4 Å². The summed E-state index contributed by atoms with van der Waals surface area (Å²) in [5, 5.41) is 15.7. The number of fused-ring (bicyclic) bond motifs is 1. The first-order valence-electron chi connectivity index (χ1n) is 10.7. The van der Waals surface area contributed by atoms with Gasteiger partial charge in [0.25, 0.3) is 0 Å². The van der Waals surface area contributed by atoms with E-state index in [2.05, 4.69) is 30.4 Å². The molecule has 1 fully saturated rings. The Morgan fingerprint density at radius 3 is 2.65 bits per heavy atom. The number of hydrogen-bond donors (Lipinski definition) is 2. The minimum absolute atomic E-state index is 0.921. The molecular formula is C20H36N6. The zero-order valence-corrected chi connectivity index (χ0v) is 16.5. The van der Waals surface area contributed by atoms with Crippen LogP contribution >= 0.6 is 0 Å². The number of rotatable bonds is 8. The van der Waals surface area contributed by atoms with E-state index in [0.29, 0.717) is 0 Å². The van der Waals surface area contributed by atoms with Crippen LogP contribution in [-0.2, 0) is 19.4 Å². The van der Waals surface area contributed by atoms with Crippen molar-refractivity contribution in [1.29, 1.82) is 0 Å². The van der Waals surface area contributed by atoms with Gasteiger partial charge in [-0.1, -0.05) is 32.1 Å². The zero-order valence-electron chi connectivity index (χ0n) is 16.5. The van der Waals surface area contributed by atoms with Crippen molar-refractivity contribution in [2.45, 2.75) is 83.6 Å². The van der Waals surface area contributed by atoms with Crippen molar-refractivity contribution in [3.05, 3.63) is 11.6 Å². The first kappa shape index (κ1) is 19.2. The molecule has 2 N–H and O–H groups in total. The zero-order chi connectivity index (χ0) is 18.0. The van der Waals surface area contributed by atoms with Crippen LogP contribution in [0, 0.1) is 5.92 Å². The summed E-state index contributed by atoms with van der Waals surface area (Å²) >= 11 is 0. The van der Waals surface area contributed by atoms with Crippen molar-refractivity contribution in [2.75, 3.05) is 20.1 Å². The molecule has 1 aromatic rings. The standard InChI is InChI=1S/C20H36N6/c1-21-20(22-14-7-11-17-9-4-5-10-17)23-15-8-13-19-25-24-18-12-3-2-6-16-26(18)19/h17H,2-16H2,1H3,(H2,21,22,23). The van der Waals surface area contributed by atoms with E-state index in [0.717, 1.165) is 56.6 Å². The van der Waals surface area contributed by atoms with Crippen LogP contribution in [0.5, 0.6) is 0 Å². The van der Waals surface area contributed by atoms with Gasteiger partial charge >= 0.3 is 0 Å².